The Balaban J connectivity index is 3.84. The number of hydrogen-bond donors (Lipinski definition) is 0. The van der Waals surface area contributed by atoms with Gasteiger partial charge in [-0.2, -0.15) is 22.0 Å². The molecule has 0 aromatic heterocycles. The quantitative estimate of drug-likeness (QED) is 0.397. The van der Waals surface area contributed by atoms with Crippen molar-refractivity contribution in [2.45, 2.75) is 51.1 Å². The molecule has 0 aromatic carbocycles. The van der Waals surface area contributed by atoms with E-state index in [2.05, 4.69) is 4.74 Å². The van der Waals surface area contributed by atoms with Crippen molar-refractivity contribution in [1.29, 1.82) is 0 Å². The number of ether oxygens (including phenoxy) is 1. The van der Waals surface area contributed by atoms with Gasteiger partial charge >= 0.3 is 18.1 Å². The molecule has 0 saturated carbocycles. The second kappa shape index (κ2) is 6.76. The standard InChI is InChI=1S/C10H15F5O2/c1-2-3-4-5-6-8(16)17-7-9(11,12)10(13,14)15/h2-7H2,1H3. The molecule has 0 fully saturated rings. The molecule has 0 unspecified atom stereocenters. The summed E-state index contributed by atoms with van der Waals surface area (Å²) in [6.07, 6.45) is -2.85. The van der Waals surface area contributed by atoms with Gasteiger partial charge in [0.1, 0.15) is 0 Å². The summed E-state index contributed by atoms with van der Waals surface area (Å²) in [4.78, 5) is 10.9. The summed E-state index contributed by atoms with van der Waals surface area (Å²) < 4.78 is 63.7. The lowest BCUT2D eigenvalue weighted by molar-refractivity contribution is -0.294. The molecule has 0 spiro atoms. The van der Waals surface area contributed by atoms with E-state index in [1.165, 1.54) is 0 Å². The second-order valence-electron chi connectivity index (χ2n) is 3.67. The smallest absolute Gasteiger partial charge is 0.456 e. The van der Waals surface area contributed by atoms with Crippen molar-refractivity contribution in [3.05, 3.63) is 0 Å². The topological polar surface area (TPSA) is 26.3 Å². The average Bonchev–Trinajstić information content (AvgIpc) is 2.20. The van der Waals surface area contributed by atoms with Crippen LogP contribution in [0.4, 0.5) is 22.0 Å². The third kappa shape index (κ3) is 6.43. The number of esters is 1. The number of halogens is 5. The fraction of sp³-hybridized carbons (Fsp3) is 0.900. The number of unbranched alkanes of at least 4 members (excludes halogenated alkanes) is 3. The Bertz CT molecular complexity index is 237. The number of carbonyl (C=O) groups is 1. The number of alkyl halides is 5. The molecule has 17 heavy (non-hydrogen) atoms. The molecule has 0 amide bonds. The van der Waals surface area contributed by atoms with Gasteiger partial charge in [-0.25, -0.2) is 0 Å². The van der Waals surface area contributed by atoms with E-state index in [0.29, 0.717) is 6.42 Å². The van der Waals surface area contributed by atoms with Crippen LogP contribution >= 0.6 is 0 Å². The van der Waals surface area contributed by atoms with Crippen LogP contribution in [-0.2, 0) is 9.53 Å². The molecule has 0 atom stereocenters. The van der Waals surface area contributed by atoms with Gasteiger partial charge in [-0.05, 0) is 6.42 Å². The first kappa shape index (κ1) is 16.1. The number of hydrogen-bond acceptors (Lipinski definition) is 2. The Morgan fingerprint density at radius 1 is 1.06 bits per heavy atom. The van der Waals surface area contributed by atoms with Crippen LogP contribution in [-0.4, -0.2) is 24.7 Å². The summed E-state index contributed by atoms with van der Waals surface area (Å²) in [5, 5.41) is 0. The first-order chi connectivity index (χ1) is 7.70. The van der Waals surface area contributed by atoms with Crippen LogP contribution in [0.3, 0.4) is 0 Å². The zero-order valence-electron chi connectivity index (χ0n) is 9.45. The molecule has 0 aliphatic rings. The van der Waals surface area contributed by atoms with Crippen molar-refractivity contribution in [3.63, 3.8) is 0 Å². The van der Waals surface area contributed by atoms with E-state index in [9.17, 15) is 26.7 Å². The summed E-state index contributed by atoms with van der Waals surface area (Å²) in [6, 6.07) is 0. The molecular formula is C10H15F5O2. The van der Waals surface area contributed by atoms with Crippen LogP contribution in [0.1, 0.15) is 39.0 Å². The third-order valence-electron chi connectivity index (χ3n) is 2.06. The highest BCUT2D eigenvalue weighted by Gasteiger charge is 2.58. The molecule has 0 saturated heterocycles. The van der Waals surface area contributed by atoms with Gasteiger partial charge in [0, 0.05) is 6.42 Å². The van der Waals surface area contributed by atoms with Gasteiger partial charge in [-0.3, -0.25) is 4.79 Å². The molecule has 0 N–H and O–H groups in total. The zero-order valence-corrected chi connectivity index (χ0v) is 9.45. The Hall–Kier alpha value is -0.880. The number of rotatable bonds is 7. The van der Waals surface area contributed by atoms with Crippen molar-refractivity contribution in [2.24, 2.45) is 0 Å². The van der Waals surface area contributed by atoms with Gasteiger partial charge in [0.2, 0.25) is 0 Å². The van der Waals surface area contributed by atoms with Crippen molar-refractivity contribution in [2.75, 3.05) is 6.61 Å². The summed E-state index contributed by atoms with van der Waals surface area (Å²) in [6.45, 7) is 0.00527. The summed E-state index contributed by atoms with van der Waals surface area (Å²) in [5.41, 5.74) is 0. The lowest BCUT2D eigenvalue weighted by Gasteiger charge is -2.19. The van der Waals surface area contributed by atoms with E-state index in [1.54, 1.807) is 0 Å². The van der Waals surface area contributed by atoms with Crippen LogP contribution in [0, 0.1) is 0 Å². The molecule has 0 bridgehead atoms. The molecular weight excluding hydrogens is 247 g/mol. The van der Waals surface area contributed by atoms with Gasteiger partial charge in [0.15, 0.2) is 6.61 Å². The Labute approximate surface area is 96.1 Å². The van der Waals surface area contributed by atoms with Crippen LogP contribution in [0.5, 0.6) is 0 Å². The Kier molecular flexibility index (Phi) is 6.41. The molecule has 0 aliphatic carbocycles. The summed E-state index contributed by atoms with van der Waals surface area (Å²) >= 11 is 0. The predicted octanol–water partition coefficient (Wildman–Crippen LogP) is 3.70. The van der Waals surface area contributed by atoms with E-state index in [1.807, 2.05) is 6.92 Å². The van der Waals surface area contributed by atoms with Crippen molar-refractivity contribution in [3.8, 4) is 0 Å². The van der Waals surface area contributed by atoms with Gasteiger partial charge in [-0.15, -0.1) is 0 Å². The molecule has 2 nitrogen and oxygen atoms in total. The molecule has 0 rings (SSSR count). The molecule has 0 aromatic rings. The molecule has 0 heterocycles. The second-order valence-corrected chi connectivity index (χ2v) is 3.67. The highest BCUT2D eigenvalue weighted by Crippen LogP contribution is 2.35. The van der Waals surface area contributed by atoms with Crippen LogP contribution in [0.25, 0.3) is 0 Å². The Morgan fingerprint density at radius 3 is 2.12 bits per heavy atom. The monoisotopic (exact) mass is 262 g/mol. The fourth-order valence-electron chi connectivity index (χ4n) is 1.02. The molecule has 102 valence electrons. The van der Waals surface area contributed by atoms with Crippen LogP contribution in [0.2, 0.25) is 0 Å². The Morgan fingerprint density at radius 2 is 1.65 bits per heavy atom. The largest absolute Gasteiger partial charge is 0.459 e. The minimum Gasteiger partial charge on any atom is -0.459 e. The zero-order chi connectivity index (χ0) is 13.5. The van der Waals surface area contributed by atoms with Crippen molar-refractivity contribution in [1.82, 2.24) is 0 Å². The molecule has 0 aliphatic heterocycles. The molecule has 0 radical (unpaired) electrons. The highest BCUT2D eigenvalue weighted by atomic mass is 19.4. The lowest BCUT2D eigenvalue weighted by atomic mass is 10.2. The van der Waals surface area contributed by atoms with Gasteiger partial charge in [0.25, 0.3) is 0 Å². The summed E-state index contributed by atoms with van der Waals surface area (Å²) in [7, 11) is 0. The maximum Gasteiger partial charge on any atom is 0.456 e. The first-order valence-electron chi connectivity index (χ1n) is 5.31. The van der Waals surface area contributed by atoms with Gasteiger partial charge in [0.05, 0.1) is 0 Å². The third-order valence-corrected chi connectivity index (χ3v) is 2.06. The van der Waals surface area contributed by atoms with E-state index in [-0.39, 0.29) is 6.42 Å². The van der Waals surface area contributed by atoms with Crippen LogP contribution < -0.4 is 0 Å². The van der Waals surface area contributed by atoms with E-state index < -0.39 is 24.7 Å². The molecule has 7 heteroatoms. The van der Waals surface area contributed by atoms with Crippen LogP contribution in [0.15, 0.2) is 0 Å². The number of carbonyl (C=O) groups excluding carboxylic acids is 1. The summed E-state index contributed by atoms with van der Waals surface area (Å²) in [5.74, 6) is -6.00. The van der Waals surface area contributed by atoms with Gasteiger partial charge in [-0.1, -0.05) is 26.2 Å². The van der Waals surface area contributed by atoms with Crippen molar-refractivity contribution < 1.29 is 31.5 Å². The fourth-order valence-corrected chi connectivity index (χ4v) is 1.02. The van der Waals surface area contributed by atoms with Crippen molar-refractivity contribution >= 4 is 5.97 Å². The van der Waals surface area contributed by atoms with Gasteiger partial charge < -0.3 is 4.74 Å². The first-order valence-corrected chi connectivity index (χ1v) is 5.31. The normalized spacial score (nSPS) is 12.6. The minimum absolute atomic E-state index is 0.131. The average molecular weight is 262 g/mol. The minimum atomic E-state index is -5.69. The maximum absolute atomic E-state index is 12.3. The lowest BCUT2D eigenvalue weighted by Crippen LogP contribution is -2.41. The van der Waals surface area contributed by atoms with E-state index in [0.717, 1.165) is 19.3 Å². The van der Waals surface area contributed by atoms with E-state index in [4.69, 9.17) is 0 Å². The SMILES string of the molecule is CCCCCCC(=O)OCC(F)(F)C(F)(F)F. The predicted molar refractivity (Wildman–Crippen MR) is 50.7 cm³/mol. The highest BCUT2D eigenvalue weighted by molar-refractivity contribution is 5.69. The van der Waals surface area contributed by atoms with E-state index >= 15 is 0 Å². The maximum atomic E-state index is 12.3.